The molecule has 0 saturated heterocycles. The first-order valence-corrected chi connectivity index (χ1v) is 21.1. The second-order valence-corrected chi connectivity index (χ2v) is 17.4. The van der Waals surface area contributed by atoms with E-state index in [1.54, 1.807) is 0 Å². The summed E-state index contributed by atoms with van der Waals surface area (Å²) < 4.78 is 12.3. The highest BCUT2D eigenvalue weighted by Crippen LogP contribution is 2.39. The van der Waals surface area contributed by atoms with Gasteiger partial charge in [0.15, 0.2) is 5.78 Å². The second kappa shape index (κ2) is 17.7. The van der Waals surface area contributed by atoms with E-state index in [4.69, 9.17) is 9.47 Å². The standard InChI is InChI=1S/C57H52N2O3/c1-56(2,3)45-25-17-43(18-26-45)55(60)44-23-35-52(36-24-44)61-53-37-31-50(32-38-53)58(46-13-9-7-10-14-46)48-27-19-41(20-28-48)42-21-29-49(30-22-42)59(47-15-11-8-12-16-47)51-33-39-54(40-34-51)62-57(4,5)6/h7-40H,1-6H3. The van der Waals surface area contributed by atoms with Gasteiger partial charge in [-0.3, -0.25) is 4.79 Å². The number of benzene rings is 8. The van der Waals surface area contributed by atoms with Crippen LogP contribution >= 0.6 is 0 Å². The molecule has 8 rings (SSSR count). The first kappa shape index (κ1) is 41.4. The summed E-state index contributed by atoms with van der Waals surface area (Å²) in [7, 11) is 0. The van der Waals surface area contributed by atoms with Crippen LogP contribution in [0.5, 0.6) is 17.2 Å². The molecule has 0 amide bonds. The molecule has 0 bridgehead atoms. The lowest BCUT2D eigenvalue weighted by Crippen LogP contribution is -2.22. The summed E-state index contributed by atoms with van der Waals surface area (Å²) in [5.41, 5.74) is 10.8. The minimum absolute atomic E-state index is 0.0102. The van der Waals surface area contributed by atoms with E-state index in [1.165, 1.54) is 5.56 Å². The number of hydrogen-bond donors (Lipinski definition) is 0. The number of ketones is 1. The fourth-order valence-electron chi connectivity index (χ4n) is 7.43. The molecule has 5 nitrogen and oxygen atoms in total. The van der Waals surface area contributed by atoms with Crippen LogP contribution in [0, 0.1) is 0 Å². The van der Waals surface area contributed by atoms with Crippen molar-refractivity contribution in [2.24, 2.45) is 0 Å². The molecule has 0 atom stereocenters. The molecule has 8 aromatic carbocycles. The van der Waals surface area contributed by atoms with Crippen molar-refractivity contribution in [2.45, 2.75) is 52.6 Å². The number of hydrogen-bond acceptors (Lipinski definition) is 5. The first-order valence-electron chi connectivity index (χ1n) is 21.1. The second-order valence-electron chi connectivity index (χ2n) is 17.4. The lowest BCUT2D eigenvalue weighted by Gasteiger charge is -2.27. The molecular formula is C57H52N2O3. The number of rotatable bonds is 12. The van der Waals surface area contributed by atoms with Crippen LogP contribution in [0.4, 0.5) is 34.1 Å². The third-order valence-corrected chi connectivity index (χ3v) is 10.6. The minimum atomic E-state index is -0.267. The van der Waals surface area contributed by atoms with Gasteiger partial charge in [-0.15, -0.1) is 0 Å². The molecule has 0 aromatic heterocycles. The van der Waals surface area contributed by atoms with Crippen LogP contribution in [0.1, 0.15) is 63.0 Å². The van der Waals surface area contributed by atoms with Crippen molar-refractivity contribution >= 4 is 39.9 Å². The van der Waals surface area contributed by atoms with Gasteiger partial charge in [0.05, 0.1) is 0 Å². The van der Waals surface area contributed by atoms with E-state index >= 15 is 0 Å². The highest BCUT2D eigenvalue weighted by molar-refractivity contribution is 6.09. The Hall–Kier alpha value is -7.37. The average Bonchev–Trinajstić information content (AvgIpc) is 3.28. The lowest BCUT2D eigenvalue weighted by molar-refractivity contribution is 0.103. The van der Waals surface area contributed by atoms with E-state index in [2.05, 4.69) is 173 Å². The SMILES string of the molecule is CC(C)(C)Oc1ccc(N(c2ccccc2)c2ccc(-c3ccc(N(c4ccccc4)c4ccc(Oc5ccc(C(=O)c6ccc(C(C)(C)C)cc6)cc5)cc4)cc3)cc2)cc1. The van der Waals surface area contributed by atoms with Crippen molar-refractivity contribution in [1.82, 2.24) is 0 Å². The van der Waals surface area contributed by atoms with Crippen LogP contribution in [0.2, 0.25) is 0 Å². The zero-order valence-electron chi connectivity index (χ0n) is 36.2. The smallest absolute Gasteiger partial charge is 0.193 e. The molecule has 0 aliphatic rings. The maximum absolute atomic E-state index is 13.2. The van der Waals surface area contributed by atoms with Crippen molar-refractivity contribution in [1.29, 1.82) is 0 Å². The van der Waals surface area contributed by atoms with Crippen LogP contribution in [-0.2, 0) is 5.41 Å². The Labute approximate surface area is 366 Å². The van der Waals surface area contributed by atoms with Crippen LogP contribution in [0.25, 0.3) is 11.1 Å². The van der Waals surface area contributed by atoms with E-state index in [-0.39, 0.29) is 16.8 Å². The van der Waals surface area contributed by atoms with Gasteiger partial charge in [-0.1, -0.05) is 106 Å². The topological polar surface area (TPSA) is 42.0 Å². The van der Waals surface area contributed by atoms with E-state index in [1.807, 2.05) is 84.9 Å². The Bertz CT molecular complexity index is 2700. The molecule has 0 unspecified atom stereocenters. The van der Waals surface area contributed by atoms with Gasteiger partial charge in [-0.05, 0) is 164 Å². The van der Waals surface area contributed by atoms with Crippen LogP contribution in [0.15, 0.2) is 206 Å². The summed E-state index contributed by atoms with van der Waals surface area (Å²) in [6.45, 7) is 12.7. The normalized spacial score (nSPS) is 11.5. The average molecular weight is 813 g/mol. The van der Waals surface area contributed by atoms with Gasteiger partial charge in [0.1, 0.15) is 22.8 Å². The molecular weight excluding hydrogens is 761 g/mol. The Morgan fingerprint density at radius 1 is 0.371 bits per heavy atom. The number of carbonyl (C=O) groups excluding carboxylic acids is 1. The van der Waals surface area contributed by atoms with Gasteiger partial charge in [0, 0.05) is 45.3 Å². The summed E-state index contributed by atoms with van der Waals surface area (Å²) in [4.78, 5) is 17.7. The highest BCUT2D eigenvalue weighted by Gasteiger charge is 2.18. The van der Waals surface area contributed by atoms with E-state index in [0.29, 0.717) is 22.6 Å². The number of carbonyl (C=O) groups is 1. The molecule has 0 N–H and O–H groups in total. The monoisotopic (exact) mass is 812 g/mol. The third kappa shape index (κ3) is 9.80. The van der Waals surface area contributed by atoms with E-state index < -0.39 is 0 Å². The molecule has 8 aromatic rings. The molecule has 0 fully saturated rings. The molecule has 0 aliphatic heterocycles. The van der Waals surface area contributed by atoms with E-state index in [9.17, 15) is 4.79 Å². The van der Waals surface area contributed by atoms with Gasteiger partial charge < -0.3 is 19.3 Å². The fourth-order valence-corrected chi connectivity index (χ4v) is 7.43. The summed E-state index contributed by atoms with van der Waals surface area (Å²) in [6, 6.07) is 69.8. The van der Waals surface area contributed by atoms with Crippen molar-refractivity contribution in [2.75, 3.05) is 9.80 Å². The van der Waals surface area contributed by atoms with Crippen molar-refractivity contribution in [3.63, 3.8) is 0 Å². The predicted octanol–water partition coefficient (Wildman–Crippen LogP) is 15.8. The Balaban J connectivity index is 0.982. The maximum Gasteiger partial charge on any atom is 0.193 e. The molecule has 0 spiro atoms. The molecule has 0 saturated carbocycles. The van der Waals surface area contributed by atoms with Gasteiger partial charge >= 0.3 is 0 Å². The van der Waals surface area contributed by atoms with Gasteiger partial charge in [0.25, 0.3) is 0 Å². The van der Waals surface area contributed by atoms with Crippen LogP contribution < -0.4 is 19.3 Å². The summed E-state index contributed by atoms with van der Waals surface area (Å²) in [6.07, 6.45) is 0. The Morgan fingerprint density at radius 2 is 0.694 bits per heavy atom. The zero-order chi connectivity index (χ0) is 43.3. The van der Waals surface area contributed by atoms with Gasteiger partial charge in [-0.25, -0.2) is 0 Å². The molecule has 308 valence electrons. The number of para-hydroxylation sites is 2. The van der Waals surface area contributed by atoms with Crippen molar-refractivity contribution in [3.8, 4) is 28.4 Å². The van der Waals surface area contributed by atoms with Crippen molar-refractivity contribution < 1.29 is 14.3 Å². The minimum Gasteiger partial charge on any atom is -0.488 e. The van der Waals surface area contributed by atoms with Crippen molar-refractivity contribution in [3.05, 3.63) is 223 Å². The molecule has 0 heterocycles. The molecule has 62 heavy (non-hydrogen) atoms. The van der Waals surface area contributed by atoms with Gasteiger partial charge in [-0.2, -0.15) is 0 Å². The Morgan fingerprint density at radius 3 is 1.06 bits per heavy atom. The zero-order valence-corrected chi connectivity index (χ0v) is 36.2. The molecule has 5 heteroatoms. The largest absolute Gasteiger partial charge is 0.488 e. The van der Waals surface area contributed by atoms with Crippen LogP contribution in [0.3, 0.4) is 0 Å². The summed E-state index contributed by atoms with van der Waals surface area (Å²) in [5, 5.41) is 0. The number of anilines is 6. The summed E-state index contributed by atoms with van der Waals surface area (Å²) in [5.74, 6) is 2.20. The van der Waals surface area contributed by atoms with Crippen LogP contribution in [-0.4, -0.2) is 11.4 Å². The van der Waals surface area contributed by atoms with Gasteiger partial charge in [0.2, 0.25) is 0 Å². The number of ether oxygens (including phenoxy) is 2. The lowest BCUT2D eigenvalue weighted by atomic mass is 9.86. The van der Waals surface area contributed by atoms with E-state index in [0.717, 1.165) is 51.0 Å². The third-order valence-electron chi connectivity index (χ3n) is 10.6. The number of nitrogens with zero attached hydrogens (tertiary/aromatic N) is 2. The quantitative estimate of drug-likeness (QED) is 0.115. The maximum atomic E-state index is 13.2. The predicted molar refractivity (Wildman–Crippen MR) is 257 cm³/mol. The Kier molecular flexibility index (Phi) is 11.8. The first-order chi connectivity index (χ1) is 29.9. The highest BCUT2D eigenvalue weighted by atomic mass is 16.5. The molecule has 0 radical (unpaired) electrons. The summed E-state index contributed by atoms with van der Waals surface area (Å²) >= 11 is 0. The fraction of sp³-hybridized carbons (Fsp3) is 0.140. The molecule has 0 aliphatic carbocycles.